The van der Waals surface area contributed by atoms with E-state index in [9.17, 15) is 14.0 Å². The molecule has 0 atom stereocenters. The number of aromatic amines is 1. The minimum Gasteiger partial charge on any atom is -0.480 e. The predicted octanol–water partition coefficient (Wildman–Crippen LogP) is 0.778. The molecule has 2 aromatic rings. The van der Waals surface area contributed by atoms with E-state index >= 15 is 0 Å². The molecule has 132 valence electrons. The molecule has 0 bridgehead atoms. The quantitative estimate of drug-likeness (QED) is 0.832. The minimum atomic E-state index is -0.825. The third-order valence-electron chi connectivity index (χ3n) is 4.12. The van der Waals surface area contributed by atoms with Crippen LogP contribution in [0.4, 0.5) is 4.39 Å². The molecule has 2 heterocycles. The van der Waals surface area contributed by atoms with Crippen LogP contribution in [0.3, 0.4) is 0 Å². The van der Waals surface area contributed by atoms with E-state index in [4.69, 9.17) is 5.11 Å². The zero-order valence-electron chi connectivity index (χ0n) is 13.6. The van der Waals surface area contributed by atoms with Gasteiger partial charge in [0.2, 0.25) is 0 Å². The zero-order valence-corrected chi connectivity index (χ0v) is 13.6. The molecule has 1 aromatic carbocycles. The van der Waals surface area contributed by atoms with Crippen molar-refractivity contribution in [2.24, 2.45) is 0 Å². The smallest absolute Gasteiger partial charge is 0.317 e. The van der Waals surface area contributed by atoms with Gasteiger partial charge >= 0.3 is 5.97 Å². The number of halogens is 1. The standard InChI is InChI=1S/C17H19FN4O3/c18-13-3-1-12(2-4-13)17-19-14(9-15(23)20-17)10-21-5-7-22(8-6-21)11-16(24)25/h1-4,9H,5-8,10-11H2,(H,24,25)(H,19,20,23). The van der Waals surface area contributed by atoms with Crippen molar-refractivity contribution in [3.63, 3.8) is 0 Å². The van der Waals surface area contributed by atoms with Gasteiger partial charge in [-0.25, -0.2) is 9.37 Å². The summed E-state index contributed by atoms with van der Waals surface area (Å²) >= 11 is 0. The molecule has 1 aliphatic rings. The van der Waals surface area contributed by atoms with Crippen molar-refractivity contribution in [1.82, 2.24) is 19.8 Å². The van der Waals surface area contributed by atoms with Crippen molar-refractivity contribution in [1.29, 1.82) is 0 Å². The summed E-state index contributed by atoms with van der Waals surface area (Å²) in [5.74, 6) is -0.762. The van der Waals surface area contributed by atoms with Crippen molar-refractivity contribution in [3.05, 3.63) is 52.2 Å². The summed E-state index contributed by atoms with van der Waals surface area (Å²) in [5, 5.41) is 8.83. The molecular formula is C17H19FN4O3. The summed E-state index contributed by atoms with van der Waals surface area (Å²) in [5.41, 5.74) is 1.02. The van der Waals surface area contributed by atoms with Crippen molar-refractivity contribution in [3.8, 4) is 11.4 Å². The van der Waals surface area contributed by atoms with Crippen molar-refractivity contribution in [2.45, 2.75) is 6.54 Å². The Hall–Kier alpha value is -2.58. The van der Waals surface area contributed by atoms with Gasteiger partial charge in [-0.05, 0) is 24.3 Å². The number of aliphatic carboxylic acids is 1. The number of aromatic nitrogens is 2. The van der Waals surface area contributed by atoms with E-state index in [1.54, 1.807) is 12.1 Å². The summed E-state index contributed by atoms with van der Waals surface area (Å²) in [7, 11) is 0. The number of nitrogens with one attached hydrogen (secondary N) is 1. The van der Waals surface area contributed by atoms with Crippen LogP contribution in [0.1, 0.15) is 5.69 Å². The largest absolute Gasteiger partial charge is 0.480 e. The monoisotopic (exact) mass is 346 g/mol. The normalized spacial score (nSPS) is 16.0. The number of carboxylic acids is 1. The van der Waals surface area contributed by atoms with E-state index in [2.05, 4.69) is 14.9 Å². The van der Waals surface area contributed by atoms with Gasteiger partial charge in [0.05, 0.1) is 12.2 Å². The summed E-state index contributed by atoms with van der Waals surface area (Å²) < 4.78 is 13.0. The summed E-state index contributed by atoms with van der Waals surface area (Å²) in [6.07, 6.45) is 0. The number of carboxylic acid groups (broad SMARTS) is 1. The first-order chi connectivity index (χ1) is 12.0. The van der Waals surface area contributed by atoms with Gasteiger partial charge < -0.3 is 10.1 Å². The van der Waals surface area contributed by atoms with Crippen LogP contribution in [-0.2, 0) is 11.3 Å². The Labute approximate surface area is 143 Å². The van der Waals surface area contributed by atoms with E-state index in [-0.39, 0.29) is 17.9 Å². The Morgan fingerprint density at radius 2 is 1.80 bits per heavy atom. The van der Waals surface area contributed by atoms with Gasteiger partial charge in [-0.15, -0.1) is 0 Å². The van der Waals surface area contributed by atoms with Crippen LogP contribution in [0, 0.1) is 5.82 Å². The molecule has 2 N–H and O–H groups in total. The van der Waals surface area contributed by atoms with Crippen LogP contribution >= 0.6 is 0 Å². The maximum atomic E-state index is 13.0. The van der Waals surface area contributed by atoms with Crippen LogP contribution in [0.15, 0.2) is 35.1 Å². The topological polar surface area (TPSA) is 89.5 Å². The molecule has 0 unspecified atom stereocenters. The number of H-pyrrole nitrogens is 1. The average molecular weight is 346 g/mol. The van der Waals surface area contributed by atoms with E-state index in [0.717, 1.165) is 0 Å². The molecule has 8 heteroatoms. The second kappa shape index (κ2) is 7.54. The van der Waals surface area contributed by atoms with E-state index in [0.29, 0.717) is 49.8 Å². The molecule has 25 heavy (non-hydrogen) atoms. The fourth-order valence-corrected chi connectivity index (χ4v) is 2.86. The molecule has 0 amide bonds. The third kappa shape index (κ3) is 4.71. The lowest BCUT2D eigenvalue weighted by Crippen LogP contribution is -2.47. The first-order valence-corrected chi connectivity index (χ1v) is 8.02. The molecule has 1 aromatic heterocycles. The number of carbonyl (C=O) groups is 1. The molecule has 1 aliphatic heterocycles. The Kier molecular flexibility index (Phi) is 5.20. The highest BCUT2D eigenvalue weighted by atomic mass is 19.1. The van der Waals surface area contributed by atoms with E-state index < -0.39 is 5.97 Å². The van der Waals surface area contributed by atoms with Gasteiger partial charge in [-0.2, -0.15) is 0 Å². The number of piperazine rings is 1. The highest BCUT2D eigenvalue weighted by molar-refractivity contribution is 5.69. The van der Waals surface area contributed by atoms with Crippen molar-refractivity contribution in [2.75, 3.05) is 32.7 Å². The maximum Gasteiger partial charge on any atom is 0.317 e. The molecule has 0 aliphatic carbocycles. The number of rotatable bonds is 5. The Balaban J connectivity index is 1.68. The second-order valence-corrected chi connectivity index (χ2v) is 6.04. The van der Waals surface area contributed by atoms with Gasteiger partial charge in [-0.1, -0.05) is 0 Å². The Morgan fingerprint density at radius 1 is 1.16 bits per heavy atom. The van der Waals surface area contributed by atoms with Crippen LogP contribution in [0.25, 0.3) is 11.4 Å². The summed E-state index contributed by atoms with van der Waals surface area (Å²) in [6, 6.07) is 7.24. The van der Waals surface area contributed by atoms with Gasteiger partial charge in [0.25, 0.3) is 5.56 Å². The zero-order chi connectivity index (χ0) is 17.8. The number of hydrogen-bond acceptors (Lipinski definition) is 5. The van der Waals surface area contributed by atoms with Gasteiger partial charge in [0, 0.05) is 44.4 Å². The Bertz CT molecular complexity index is 798. The lowest BCUT2D eigenvalue weighted by Gasteiger charge is -2.33. The van der Waals surface area contributed by atoms with Gasteiger partial charge in [0.15, 0.2) is 0 Å². The lowest BCUT2D eigenvalue weighted by atomic mass is 10.2. The highest BCUT2D eigenvalue weighted by Gasteiger charge is 2.19. The summed E-state index contributed by atoms with van der Waals surface area (Å²) in [6.45, 7) is 3.33. The van der Waals surface area contributed by atoms with Gasteiger partial charge in [0.1, 0.15) is 11.6 Å². The molecule has 1 saturated heterocycles. The van der Waals surface area contributed by atoms with Crippen LogP contribution in [0.5, 0.6) is 0 Å². The van der Waals surface area contributed by atoms with Crippen molar-refractivity contribution < 1.29 is 14.3 Å². The lowest BCUT2D eigenvalue weighted by molar-refractivity contribution is -0.138. The van der Waals surface area contributed by atoms with Gasteiger partial charge in [-0.3, -0.25) is 19.4 Å². The molecule has 7 nitrogen and oxygen atoms in total. The Morgan fingerprint density at radius 3 is 2.44 bits per heavy atom. The van der Waals surface area contributed by atoms with Crippen LogP contribution in [0.2, 0.25) is 0 Å². The highest BCUT2D eigenvalue weighted by Crippen LogP contribution is 2.15. The number of nitrogens with zero attached hydrogens (tertiary/aromatic N) is 3. The molecule has 1 fully saturated rings. The number of benzene rings is 1. The number of hydrogen-bond donors (Lipinski definition) is 2. The second-order valence-electron chi connectivity index (χ2n) is 6.04. The minimum absolute atomic E-state index is 0.0474. The predicted molar refractivity (Wildman–Crippen MR) is 89.6 cm³/mol. The van der Waals surface area contributed by atoms with Crippen LogP contribution < -0.4 is 5.56 Å². The fraction of sp³-hybridized carbons (Fsp3) is 0.353. The first kappa shape index (κ1) is 17.2. The summed E-state index contributed by atoms with van der Waals surface area (Å²) in [4.78, 5) is 33.8. The van der Waals surface area contributed by atoms with Crippen LogP contribution in [-0.4, -0.2) is 63.6 Å². The SMILES string of the molecule is O=C(O)CN1CCN(Cc2cc(=O)[nH]c(-c3ccc(F)cc3)n2)CC1. The average Bonchev–Trinajstić information content (AvgIpc) is 2.56. The van der Waals surface area contributed by atoms with Crippen molar-refractivity contribution >= 4 is 5.97 Å². The molecule has 0 radical (unpaired) electrons. The maximum absolute atomic E-state index is 13.0. The van der Waals surface area contributed by atoms with E-state index in [1.165, 1.54) is 18.2 Å². The molecule has 0 saturated carbocycles. The van der Waals surface area contributed by atoms with E-state index in [1.807, 2.05) is 4.90 Å². The molecule has 0 spiro atoms. The first-order valence-electron chi connectivity index (χ1n) is 8.02. The fourth-order valence-electron chi connectivity index (χ4n) is 2.86. The third-order valence-corrected chi connectivity index (χ3v) is 4.12. The molecule has 3 rings (SSSR count). The molecular weight excluding hydrogens is 327 g/mol.